The number of halogens is 1. The Kier molecular flexibility index (Phi) is 5.86. The van der Waals surface area contributed by atoms with Gasteiger partial charge in [0.1, 0.15) is 5.75 Å². The van der Waals surface area contributed by atoms with E-state index in [-0.39, 0.29) is 24.0 Å². The van der Waals surface area contributed by atoms with E-state index in [0.29, 0.717) is 6.54 Å². The first-order valence-corrected chi connectivity index (χ1v) is 8.89. The Bertz CT molecular complexity index is 853. The molecule has 0 aliphatic heterocycles. The number of thiophene rings is 1. The molecular formula is C20H18FNO3S. The number of methoxy groups -OCH3 is 1. The normalized spacial score (nSPS) is 10.4. The smallest absolute Gasteiger partial charge is 0.265 e. The average Bonchev–Trinajstić information content (AvgIpc) is 3.18. The molecule has 3 aromatic rings. The van der Waals surface area contributed by atoms with Crippen molar-refractivity contribution in [1.29, 1.82) is 0 Å². The number of amides is 1. The molecule has 1 heterocycles. The van der Waals surface area contributed by atoms with Gasteiger partial charge in [0.25, 0.3) is 5.91 Å². The fourth-order valence-electron chi connectivity index (χ4n) is 2.45. The second-order valence-corrected chi connectivity index (χ2v) is 6.51. The van der Waals surface area contributed by atoms with Crippen molar-refractivity contribution in [3.8, 4) is 11.5 Å². The van der Waals surface area contributed by atoms with Crippen LogP contribution in [0.1, 0.15) is 4.88 Å². The first-order chi connectivity index (χ1) is 12.7. The molecule has 0 saturated heterocycles. The molecule has 0 unspecified atom stereocenters. The number of nitrogens with zero attached hydrogens (tertiary/aromatic N) is 1. The van der Waals surface area contributed by atoms with Crippen LogP contribution < -0.4 is 14.4 Å². The highest BCUT2D eigenvalue weighted by molar-refractivity contribution is 7.09. The topological polar surface area (TPSA) is 38.8 Å². The molecule has 3 rings (SSSR count). The van der Waals surface area contributed by atoms with Crippen LogP contribution in [0.25, 0.3) is 0 Å². The summed E-state index contributed by atoms with van der Waals surface area (Å²) < 4.78 is 24.1. The summed E-state index contributed by atoms with van der Waals surface area (Å²) in [6, 6.07) is 17.6. The Morgan fingerprint density at radius 1 is 1.12 bits per heavy atom. The van der Waals surface area contributed by atoms with E-state index in [4.69, 9.17) is 9.47 Å². The van der Waals surface area contributed by atoms with E-state index in [1.54, 1.807) is 22.3 Å². The van der Waals surface area contributed by atoms with Crippen molar-refractivity contribution < 1.29 is 18.7 Å². The summed E-state index contributed by atoms with van der Waals surface area (Å²) in [6.07, 6.45) is 0. The summed E-state index contributed by atoms with van der Waals surface area (Å²) in [5, 5.41) is 1.97. The summed E-state index contributed by atoms with van der Waals surface area (Å²) in [6.45, 7) is 0.271. The molecule has 0 radical (unpaired) electrons. The number of benzene rings is 2. The monoisotopic (exact) mass is 371 g/mol. The largest absolute Gasteiger partial charge is 0.494 e. The minimum absolute atomic E-state index is 0.132. The van der Waals surface area contributed by atoms with Crippen LogP contribution in [-0.2, 0) is 11.3 Å². The molecule has 0 atom stereocenters. The molecule has 0 saturated carbocycles. The maximum atomic E-state index is 13.8. The summed E-state index contributed by atoms with van der Waals surface area (Å²) >= 11 is 1.59. The molecule has 0 aliphatic carbocycles. The van der Waals surface area contributed by atoms with Gasteiger partial charge < -0.3 is 14.4 Å². The molecule has 0 aliphatic rings. The van der Waals surface area contributed by atoms with E-state index in [9.17, 15) is 9.18 Å². The number of rotatable bonds is 7. The Balaban J connectivity index is 1.72. The van der Waals surface area contributed by atoms with Gasteiger partial charge in [0.05, 0.1) is 13.7 Å². The molecule has 134 valence electrons. The first kappa shape index (κ1) is 17.9. The number of anilines is 1. The van der Waals surface area contributed by atoms with E-state index in [2.05, 4.69) is 0 Å². The lowest BCUT2D eigenvalue weighted by Gasteiger charge is -2.22. The lowest BCUT2D eigenvalue weighted by atomic mass is 10.2. The van der Waals surface area contributed by atoms with Gasteiger partial charge >= 0.3 is 0 Å². The molecule has 6 heteroatoms. The third-order valence-corrected chi connectivity index (χ3v) is 4.61. The lowest BCUT2D eigenvalue weighted by Crippen LogP contribution is -2.34. The summed E-state index contributed by atoms with van der Waals surface area (Å²) in [5.41, 5.74) is 0.787. The predicted octanol–water partition coefficient (Wildman–Crippen LogP) is 4.51. The van der Waals surface area contributed by atoms with E-state index >= 15 is 0 Å². The average molecular weight is 371 g/mol. The zero-order valence-electron chi connectivity index (χ0n) is 14.2. The number of carbonyl (C=O) groups excluding carboxylic acids is 1. The van der Waals surface area contributed by atoms with Crippen LogP contribution in [0, 0.1) is 5.82 Å². The van der Waals surface area contributed by atoms with Gasteiger partial charge in [-0.1, -0.05) is 24.3 Å². The SMILES string of the molecule is COc1ccc(OCC(=O)N(Cc2cccs2)c2ccccc2)cc1F. The summed E-state index contributed by atoms with van der Waals surface area (Å²) in [7, 11) is 1.39. The standard InChI is InChI=1S/C20H18FNO3S/c1-24-19-10-9-16(12-18(19)21)25-14-20(23)22(13-17-8-5-11-26-17)15-6-3-2-4-7-15/h2-12H,13-14H2,1H3. The van der Waals surface area contributed by atoms with Gasteiger partial charge in [-0.3, -0.25) is 4.79 Å². The van der Waals surface area contributed by atoms with E-state index in [1.165, 1.54) is 19.2 Å². The Morgan fingerprint density at radius 2 is 1.92 bits per heavy atom. The first-order valence-electron chi connectivity index (χ1n) is 8.01. The van der Waals surface area contributed by atoms with Gasteiger partial charge in [-0.05, 0) is 35.7 Å². The van der Waals surface area contributed by atoms with Gasteiger partial charge in [-0.15, -0.1) is 11.3 Å². The third kappa shape index (κ3) is 4.40. The highest BCUT2D eigenvalue weighted by atomic mass is 32.1. The number of hydrogen-bond donors (Lipinski definition) is 0. The molecule has 4 nitrogen and oxygen atoms in total. The van der Waals surface area contributed by atoms with Crippen LogP contribution >= 0.6 is 11.3 Å². The second-order valence-electron chi connectivity index (χ2n) is 5.48. The van der Waals surface area contributed by atoms with Crippen LogP contribution in [0.3, 0.4) is 0 Å². The highest BCUT2D eigenvalue weighted by Gasteiger charge is 2.17. The van der Waals surface area contributed by atoms with Crippen molar-refractivity contribution >= 4 is 22.9 Å². The highest BCUT2D eigenvalue weighted by Crippen LogP contribution is 2.23. The maximum Gasteiger partial charge on any atom is 0.265 e. The number of carbonyl (C=O) groups is 1. The van der Waals surface area contributed by atoms with Crippen LogP contribution in [-0.4, -0.2) is 19.6 Å². The van der Waals surface area contributed by atoms with Crippen molar-refractivity contribution in [3.63, 3.8) is 0 Å². The minimum atomic E-state index is -0.532. The van der Waals surface area contributed by atoms with Crippen LogP contribution in [0.2, 0.25) is 0 Å². The quantitative estimate of drug-likeness (QED) is 0.613. The van der Waals surface area contributed by atoms with Gasteiger partial charge in [0, 0.05) is 16.6 Å². The molecule has 1 aromatic heterocycles. The zero-order chi connectivity index (χ0) is 18.4. The Morgan fingerprint density at radius 3 is 2.58 bits per heavy atom. The van der Waals surface area contributed by atoms with Gasteiger partial charge in [-0.2, -0.15) is 0 Å². The van der Waals surface area contributed by atoms with Crippen molar-refractivity contribution in [2.24, 2.45) is 0 Å². The Hall–Kier alpha value is -2.86. The predicted molar refractivity (Wildman–Crippen MR) is 100 cm³/mol. The third-order valence-electron chi connectivity index (χ3n) is 3.75. The zero-order valence-corrected chi connectivity index (χ0v) is 15.0. The summed E-state index contributed by atoms with van der Waals surface area (Å²) in [4.78, 5) is 15.5. The van der Waals surface area contributed by atoms with E-state index in [1.807, 2.05) is 47.8 Å². The maximum absolute atomic E-state index is 13.8. The van der Waals surface area contributed by atoms with Crippen LogP contribution in [0.5, 0.6) is 11.5 Å². The van der Waals surface area contributed by atoms with Gasteiger partial charge in [0.15, 0.2) is 18.2 Å². The lowest BCUT2D eigenvalue weighted by molar-refractivity contribution is -0.120. The van der Waals surface area contributed by atoms with E-state index in [0.717, 1.165) is 10.6 Å². The number of ether oxygens (including phenoxy) is 2. The van der Waals surface area contributed by atoms with Crippen molar-refractivity contribution in [2.75, 3.05) is 18.6 Å². The molecule has 26 heavy (non-hydrogen) atoms. The fraction of sp³-hybridized carbons (Fsp3) is 0.150. The molecule has 1 amide bonds. The van der Waals surface area contributed by atoms with Crippen molar-refractivity contribution in [2.45, 2.75) is 6.54 Å². The number of hydrogen-bond acceptors (Lipinski definition) is 4. The van der Waals surface area contributed by atoms with Crippen molar-refractivity contribution in [3.05, 3.63) is 76.7 Å². The van der Waals surface area contributed by atoms with Crippen LogP contribution in [0.4, 0.5) is 10.1 Å². The number of para-hydroxylation sites is 1. The molecule has 0 N–H and O–H groups in total. The molecule has 2 aromatic carbocycles. The van der Waals surface area contributed by atoms with Crippen LogP contribution in [0.15, 0.2) is 66.0 Å². The molecule has 0 fully saturated rings. The minimum Gasteiger partial charge on any atom is -0.494 e. The fourth-order valence-corrected chi connectivity index (χ4v) is 3.14. The van der Waals surface area contributed by atoms with Gasteiger partial charge in [0.2, 0.25) is 0 Å². The van der Waals surface area contributed by atoms with Crippen molar-refractivity contribution in [1.82, 2.24) is 0 Å². The molecule has 0 spiro atoms. The second kappa shape index (κ2) is 8.49. The molecule has 0 bridgehead atoms. The molecular weight excluding hydrogens is 353 g/mol. The Labute approximate surface area is 155 Å². The van der Waals surface area contributed by atoms with E-state index < -0.39 is 5.82 Å². The van der Waals surface area contributed by atoms with Gasteiger partial charge in [-0.25, -0.2) is 4.39 Å². The summed E-state index contributed by atoms with van der Waals surface area (Å²) in [5.74, 6) is -0.329.